The molecule has 0 heterocycles. The molecule has 2 unspecified atom stereocenters. The first-order chi connectivity index (χ1) is 7.38. The van der Waals surface area contributed by atoms with Crippen molar-refractivity contribution in [2.75, 3.05) is 0 Å². The maximum atomic E-state index is 12.1. The Labute approximate surface area is 90.7 Å². The number of aliphatic hydroxyl groups is 1. The minimum absolute atomic E-state index is 0.0759. The number of fused-ring (bicyclic) bond motifs is 1. The normalized spacial score (nSPS) is 24.3. The number of hydrogen-bond acceptors (Lipinski definition) is 2. The predicted molar refractivity (Wildman–Crippen MR) is 51.0 cm³/mol. The van der Waals surface area contributed by atoms with Gasteiger partial charge in [-0.2, -0.15) is 0 Å². The Morgan fingerprint density at radius 2 is 2.06 bits per heavy atom. The topological polar surface area (TPSA) is 29.5 Å². The summed E-state index contributed by atoms with van der Waals surface area (Å²) in [5, 5.41) is 9.74. The van der Waals surface area contributed by atoms with E-state index < -0.39 is 12.5 Å². The highest BCUT2D eigenvalue weighted by Gasteiger charge is 2.35. The first-order valence-corrected chi connectivity index (χ1v) is 4.94. The molecule has 0 radical (unpaired) electrons. The minimum atomic E-state index is -4.69. The molecule has 0 saturated carbocycles. The molecule has 1 aromatic carbocycles. The van der Waals surface area contributed by atoms with Gasteiger partial charge in [-0.15, -0.1) is 13.2 Å². The molecule has 0 aromatic heterocycles. The molecular formula is C11H11F3O2. The molecule has 2 atom stereocenters. The van der Waals surface area contributed by atoms with Crippen LogP contribution in [0.3, 0.4) is 0 Å². The fourth-order valence-corrected chi connectivity index (χ4v) is 2.04. The Bertz CT molecular complexity index is 401. The molecule has 0 spiro atoms. The molecule has 88 valence electrons. The van der Waals surface area contributed by atoms with Crippen LogP contribution in [-0.4, -0.2) is 11.5 Å². The zero-order chi connectivity index (χ0) is 11.9. The van der Waals surface area contributed by atoms with Crippen LogP contribution in [0.5, 0.6) is 5.75 Å². The van der Waals surface area contributed by atoms with Crippen molar-refractivity contribution in [2.24, 2.45) is 5.92 Å². The van der Waals surface area contributed by atoms with Crippen LogP contribution in [0.2, 0.25) is 0 Å². The standard InChI is InChI=1S/C11H11F3O2/c1-6-5-8-7(10(6)15)3-2-4-9(8)16-11(12,13)14/h2-4,6,10,15H,5H2,1H3. The van der Waals surface area contributed by atoms with Gasteiger partial charge in [0.15, 0.2) is 0 Å². The molecule has 0 saturated heterocycles. The third-order valence-electron chi connectivity index (χ3n) is 2.78. The highest BCUT2D eigenvalue weighted by atomic mass is 19.4. The lowest BCUT2D eigenvalue weighted by Gasteiger charge is -2.12. The SMILES string of the molecule is CC1Cc2c(OC(F)(F)F)cccc2C1O. The lowest BCUT2D eigenvalue weighted by molar-refractivity contribution is -0.274. The molecule has 1 aromatic rings. The van der Waals surface area contributed by atoms with Gasteiger partial charge in [-0.1, -0.05) is 19.1 Å². The summed E-state index contributed by atoms with van der Waals surface area (Å²) in [6.07, 6.45) is -4.99. The number of aliphatic hydroxyl groups excluding tert-OH is 1. The van der Waals surface area contributed by atoms with E-state index in [1.165, 1.54) is 12.1 Å². The van der Waals surface area contributed by atoms with Crippen LogP contribution >= 0.6 is 0 Å². The molecule has 0 aliphatic heterocycles. The van der Waals surface area contributed by atoms with E-state index in [4.69, 9.17) is 0 Å². The second kappa shape index (κ2) is 3.66. The third kappa shape index (κ3) is 2.00. The zero-order valence-electron chi connectivity index (χ0n) is 8.58. The zero-order valence-corrected chi connectivity index (χ0v) is 8.58. The van der Waals surface area contributed by atoms with Gasteiger partial charge in [-0.3, -0.25) is 0 Å². The van der Waals surface area contributed by atoms with Crippen molar-refractivity contribution in [2.45, 2.75) is 25.8 Å². The van der Waals surface area contributed by atoms with Gasteiger partial charge in [0.05, 0.1) is 6.10 Å². The van der Waals surface area contributed by atoms with Crippen LogP contribution in [0.15, 0.2) is 18.2 Å². The fourth-order valence-electron chi connectivity index (χ4n) is 2.04. The summed E-state index contributed by atoms with van der Waals surface area (Å²) in [7, 11) is 0. The summed E-state index contributed by atoms with van der Waals surface area (Å²) >= 11 is 0. The number of hydrogen-bond donors (Lipinski definition) is 1. The molecule has 2 rings (SSSR count). The molecule has 1 aliphatic rings. The van der Waals surface area contributed by atoms with Crippen LogP contribution < -0.4 is 4.74 Å². The number of alkyl halides is 3. The molecule has 16 heavy (non-hydrogen) atoms. The van der Waals surface area contributed by atoms with Crippen LogP contribution in [0.4, 0.5) is 13.2 Å². The van der Waals surface area contributed by atoms with Crippen molar-refractivity contribution in [3.05, 3.63) is 29.3 Å². The molecule has 5 heteroatoms. The molecular weight excluding hydrogens is 221 g/mol. The Morgan fingerprint density at radius 3 is 2.69 bits per heavy atom. The van der Waals surface area contributed by atoms with Gasteiger partial charge >= 0.3 is 6.36 Å². The van der Waals surface area contributed by atoms with Gasteiger partial charge < -0.3 is 9.84 Å². The van der Waals surface area contributed by atoms with E-state index in [2.05, 4.69) is 4.74 Å². The maximum Gasteiger partial charge on any atom is 0.573 e. The monoisotopic (exact) mass is 232 g/mol. The quantitative estimate of drug-likeness (QED) is 0.806. The van der Waals surface area contributed by atoms with Crippen molar-refractivity contribution < 1.29 is 23.0 Å². The highest BCUT2D eigenvalue weighted by molar-refractivity contribution is 5.45. The Hall–Kier alpha value is -1.23. The first-order valence-electron chi connectivity index (χ1n) is 4.94. The highest BCUT2D eigenvalue weighted by Crippen LogP contribution is 2.41. The molecule has 1 N–H and O–H groups in total. The van der Waals surface area contributed by atoms with E-state index in [1.54, 1.807) is 13.0 Å². The second-order valence-electron chi connectivity index (χ2n) is 4.00. The molecule has 0 fully saturated rings. The smallest absolute Gasteiger partial charge is 0.405 e. The fraction of sp³-hybridized carbons (Fsp3) is 0.455. The van der Waals surface area contributed by atoms with Crippen molar-refractivity contribution in [3.8, 4) is 5.75 Å². The number of halogens is 3. The lowest BCUT2D eigenvalue weighted by Crippen LogP contribution is -2.18. The Kier molecular flexibility index (Phi) is 2.58. The molecule has 0 amide bonds. The van der Waals surface area contributed by atoms with Gasteiger partial charge in [-0.05, 0) is 24.0 Å². The third-order valence-corrected chi connectivity index (χ3v) is 2.78. The second-order valence-corrected chi connectivity index (χ2v) is 4.00. The first kappa shape index (κ1) is 11.3. The summed E-state index contributed by atoms with van der Waals surface area (Å²) in [6, 6.07) is 4.37. The average molecular weight is 232 g/mol. The van der Waals surface area contributed by atoms with Crippen LogP contribution in [0.25, 0.3) is 0 Å². The predicted octanol–water partition coefficient (Wildman–Crippen LogP) is 2.81. The van der Waals surface area contributed by atoms with E-state index in [1.807, 2.05) is 0 Å². The van der Waals surface area contributed by atoms with Crippen molar-refractivity contribution in [1.29, 1.82) is 0 Å². The van der Waals surface area contributed by atoms with E-state index in [0.717, 1.165) is 0 Å². The van der Waals surface area contributed by atoms with Crippen molar-refractivity contribution >= 4 is 0 Å². The van der Waals surface area contributed by atoms with Crippen LogP contribution in [0, 0.1) is 5.92 Å². The van der Waals surface area contributed by atoms with Gasteiger partial charge in [0.25, 0.3) is 0 Å². The largest absolute Gasteiger partial charge is 0.573 e. The average Bonchev–Trinajstić information content (AvgIpc) is 2.43. The Balaban J connectivity index is 2.37. The van der Waals surface area contributed by atoms with Crippen LogP contribution in [-0.2, 0) is 6.42 Å². The molecule has 0 bridgehead atoms. The van der Waals surface area contributed by atoms with E-state index >= 15 is 0 Å². The molecule has 2 nitrogen and oxygen atoms in total. The van der Waals surface area contributed by atoms with Gasteiger partial charge in [0.1, 0.15) is 5.75 Å². The van der Waals surface area contributed by atoms with Gasteiger partial charge in [0.2, 0.25) is 0 Å². The summed E-state index contributed by atoms with van der Waals surface area (Å²) < 4.78 is 40.3. The summed E-state index contributed by atoms with van der Waals surface area (Å²) in [4.78, 5) is 0. The maximum absolute atomic E-state index is 12.1. The van der Waals surface area contributed by atoms with Crippen molar-refractivity contribution in [3.63, 3.8) is 0 Å². The summed E-state index contributed by atoms with van der Waals surface area (Å²) in [5.74, 6) is -0.276. The minimum Gasteiger partial charge on any atom is -0.405 e. The van der Waals surface area contributed by atoms with E-state index in [0.29, 0.717) is 17.5 Å². The lowest BCUT2D eigenvalue weighted by atomic mass is 10.1. The number of ether oxygens (including phenoxy) is 1. The van der Waals surface area contributed by atoms with Crippen molar-refractivity contribution in [1.82, 2.24) is 0 Å². The van der Waals surface area contributed by atoms with E-state index in [-0.39, 0.29) is 11.7 Å². The molecule has 1 aliphatic carbocycles. The van der Waals surface area contributed by atoms with Crippen LogP contribution in [0.1, 0.15) is 24.2 Å². The number of benzene rings is 1. The van der Waals surface area contributed by atoms with Gasteiger partial charge in [-0.25, -0.2) is 0 Å². The van der Waals surface area contributed by atoms with Gasteiger partial charge in [0, 0.05) is 5.56 Å². The summed E-state index contributed by atoms with van der Waals surface area (Å²) in [6.45, 7) is 1.79. The summed E-state index contributed by atoms with van der Waals surface area (Å²) in [5.41, 5.74) is 0.995. The number of rotatable bonds is 1. The van der Waals surface area contributed by atoms with E-state index in [9.17, 15) is 18.3 Å². The Morgan fingerprint density at radius 1 is 1.38 bits per heavy atom.